The molecule has 0 spiro atoms. The molecule has 5 rings (SSSR count). The van der Waals surface area contributed by atoms with Gasteiger partial charge >= 0.3 is 0 Å². The van der Waals surface area contributed by atoms with Gasteiger partial charge in [-0.3, -0.25) is 9.10 Å². The number of sulfonamides is 1. The van der Waals surface area contributed by atoms with Gasteiger partial charge in [0.05, 0.1) is 29.3 Å². The SMILES string of the molecule is O=C(c1ccccc1Br)N1CCCCC1CCOc1ccccc1CN(c1cc(F)ccc1F)S(=O)(=O)c1ccc(Cl)cc1. The molecule has 0 aromatic heterocycles. The molecule has 1 atom stereocenters. The van der Waals surface area contributed by atoms with E-state index in [1.165, 1.54) is 24.3 Å². The van der Waals surface area contributed by atoms with Gasteiger partial charge in [-0.2, -0.15) is 0 Å². The van der Waals surface area contributed by atoms with Gasteiger partial charge in [0.15, 0.2) is 0 Å². The number of ether oxygens (including phenoxy) is 1. The maximum Gasteiger partial charge on any atom is 0.264 e. The molecule has 44 heavy (non-hydrogen) atoms. The second kappa shape index (κ2) is 14.1. The van der Waals surface area contributed by atoms with E-state index < -0.39 is 27.3 Å². The molecule has 0 N–H and O–H groups in total. The Kier molecular flexibility index (Phi) is 10.2. The molecule has 4 aromatic carbocycles. The number of rotatable bonds is 10. The highest BCUT2D eigenvalue weighted by molar-refractivity contribution is 9.10. The molecule has 11 heteroatoms. The van der Waals surface area contributed by atoms with Crippen molar-refractivity contribution in [1.29, 1.82) is 0 Å². The highest BCUT2D eigenvalue weighted by atomic mass is 79.9. The first-order chi connectivity index (χ1) is 21.1. The van der Waals surface area contributed by atoms with Crippen LogP contribution in [0.15, 0.2) is 100 Å². The van der Waals surface area contributed by atoms with Crippen molar-refractivity contribution >= 4 is 49.1 Å². The van der Waals surface area contributed by atoms with Crippen molar-refractivity contribution in [3.8, 4) is 5.75 Å². The Labute approximate surface area is 269 Å². The van der Waals surface area contributed by atoms with Crippen LogP contribution >= 0.6 is 27.5 Å². The molecule has 1 aliphatic heterocycles. The van der Waals surface area contributed by atoms with Crippen LogP contribution in [0.5, 0.6) is 5.75 Å². The second-order valence-corrected chi connectivity index (χ2v) is 13.6. The topological polar surface area (TPSA) is 66.9 Å². The van der Waals surface area contributed by atoms with Gasteiger partial charge < -0.3 is 9.64 Å². The third kappa shape index (κ3) is 7.25. The summed E-state index contributed by atoms with van der Waals surface area (Å²) in [5.74, 6) is -1.31. The lowest BCUT2D eigenvalue weighted by atomic mass is 9.98. The average molecular weight is 704 g/mol. The summed E-state index contributed by atoms with van der Waals surface area (Å²) in [6.45, 7) is 0.593. The number of carbonyl (C=O) groups is 1. The maximum atomic E-state index is 15.0. The number of hydrogen-bond acceptors (Lipinski definition) is 4. The summed E-state index contributed by atoms with van der Waals surface area (Å²) in [5, 5.41) is 0.334. The summed E-state index contributed by atoms with van der Waals surface area (Å²) >= 11 is 9.45. The van der Waals surface area contributed by atoms with E-state index in [2.05, 4.69) is 15.9 Å². The Morgan fingerprint density at radius 1 is 0.977 bits per heavy atom. The fourth-order valence-corrected chi connectivity index (χ4v) is 7.33. The molecule has 1 unspecified atom stereocenters. The third-order valence-corrected chi connectivity index (χ3v) is 10.3. The standard InChI is InChI=1S/C33H30BrClF2N2O4S/c34-29-10-3-2-9-28(29)33(40)38-19-6-5-8-26(38)18-20-43-32-11-4-1-7-23(32)22-39(31-21-25(36)14-17-30(31)37)44(41,42)27-15-12-24(35)13-16-27/h1-4,7,9-17,21,26H,5-6,8,18-20,22H2. The summed E-state index contributed by atoms with van der Waals surface area (Å²) in [4.78, 5) is 15.1. The van der Waals surface area contributed by atoms with Gasteiger partial charge in [-0.05, 0) is 89.8 Å². The van der Waals surface area contributed by atoms with Crippen molar-refractivity contribution in [2.75, 3.05) is 17.5 Å². The number of likely N-dealkylation sites (tertiary alicyclic amines) is 1. The fourth-order valence-electron chi connectivity index (χ4n) is 5.30. The summed E-state index contributed by atoms with van der Waals surface area (Å²) in [5.41, 5.74) is 0.633. The minimum absolute atomic E-state index is 0.0290. The largest absolute Gasteiger partial charge is 0.493 e. The van der Waals surface area contributed by atoms with Crippen molar-refractivity contribution in [2.45, 2.75) is 43.2 Å². The Bertz CT molecular complexity index is 1740. The predicted octanol–water partition coefficient (Wildman–Crippen LogP) is 8.24. The van der Waals surface area contributed by atoms with Gasteiger partial charge in [0.1, 0.15) is 17.4 Å². The molecule has 1 amide bonds. The zero-order valence-electron chi connectivity index (χ0n) is 23.6. The maximum absolute atomic E-state index is 15.0. The normalized spacial score (nSPS) is 15.2. The average Bonchev–Trinajstić information content (AvgIpc) is 3.02. The zero-order chi connectivity index (χ0) is 31.3. The van der Waals surface area contributed by atoms with Crippen LogP contribution in [0.4, 0.5) is 14.5 Å². The predicted molar refractivity (Wildman–Crippen MR) is 171 cm³/mol. The van der Waals surface area contributed by atoms with Gasteiger partial charge in [-0.25, -0.2) is 17.2 Å². The van der Waals surface area contributed by atoms with Crippen LogP contribution in [0.2, 0.25) is 5.02 Å². The lowest BCUT2D eigenvalue weighted by Crippen LogP contribution is -2.44. The third-order valence-electron chi connectivity index (χ3n) is 7.57. The first kappa shape index (κ1) is 31.9. The molecule has 1 aliphatic rings. The van der Waals surface area contributed by atoms with Gasteiger partial charge in [0.25, 0.3) is 15.9 Å². The Morgan fingerprint density at radius 3 is 2.48 bits per heavy atom. The fraction of sp³-hybridized carbons (Fsp3) is 0.242. The minimum Gasteiger partial charge on any atom is -0.493 e. The van der Waals surface area contributed by atoms with Crippen LogP contribution in [0.25, 0.3) is 0 Å². The quantitative estimate of drug-likeness (QED) is 0.167. The minimum atomic E-state index is -4.34. The number of hydrogen-bond donors (Lipinski definition) is 0. The van der Waals surface area contributed by atoms with Crippen molar-refractivity contribution in [1.82, 2.24) is 4.90 Å². The van der Waals surface area contributed by atoms with Crippen LogP contribution in [-0.2, 0) is 16.6 Å². The summed E-state index contributed by atoms with van der Waals surface area (Å²) in [7, 11) is -4.34. The summed E-state index contributed by atoms with van der Waals surface area (Å²) in [6, 6.07) is 22.3. The van der Waals surface area contributed by atoms with Gasteiger partial charge in [-0.1, -0.05) is 41.9 Å². The molecular formula is C33H30BrClF2N2O4S. The van der Waals surface area contributed by atoms with E-state index in [0.717, 1.165) is 46.2 Å². The van der Waals surface area contributed by atoms with E-state index in [-0.39, 0.29) is 30.0 Å². The number of halogens is 4. The molecule has 1 saturated heterocycles. The van der Waals surface area contributed by atoms with Crippen molar-refractivity contribution < 1.29 is 26.7 Å². The van der Waals surface area contributed by atoms with Crippen LogP contribution in [0, 0.1) is 11.6 Å². The molecule has 6 nitrogen and oxygen atoms in total. The molecule has 230 valence electrons. The number of para-hydroxylation sites is 1. The van der Waals surface area contributed by atoms with Crippen LogP contribution in [-0.4, -0.2) is 38.4 Å². The molecule has 0 saturated carbocycles. The van der Waals surface area contributed by atoms with E-state index in [1.54, 1.807) is 30.3 Å². The number of amides is 1. The van der Waals surface area contributed by atoms with E-state index in [0.29, 0.717) is 34.9 Å². The van der Waals surface area contributed by atoms with Crippen molar-refractivity contribution in [3.05, 3.63) is 123 Å². The van der Waals surface area contributed by atoms with E-state index in [9.17, 15) is 17.6 Å². The van der Waals surface area contributed by atoms with E-state index in [1.807, 2.05) is 23.1 Å². The molecule has 1 fully saturated rings. The molecule has 0 radical (unpaired) electrons. The zero-order valence-corrected chi connectivity index (χ0v) is 26.8. The second-order valence-electron chi connectivity index (χ2n) is 10.4. The molecular weight excluding hydrogens is 674 g/mol. The number of piperidine rings is 1. The van der Waals surface area contributed by atoms with Crippen LogP contribution < -0.4 is 9.04 Å². The number of carbonyl (C=O) groups excluding carboxylic acids is 1. The van der Waals surface area contributed by atoms with Gasteiger partial charge in [-0.15, -0.1) is 0 Å². The van der Waals surface area contributed by atoms with E-state index >= 15 is 4.39 Å². The first-order valence-electron chi connectivity index (χ1n) is 14.1. The highest BCUT2D eigenvalue weighted by Crippen LogP contribution is 2.32. The molecule has 0 bridgehead atoms. The molecule has 4 aromatic rings. The number of benzene rings is 4. The number of anilines is 1. The van der Waals surface area contributed by atoms with Crippen LogP contribution in [0.3, 0.4) is 0 Å². The lowest BCUT2D eigenvalue weighted by Gasteiger charge is -2.36. The smallest absolute Gasteiger partial charge is 0.264 e. The lowest BCUT2D eigenvalue weighted by molar-refractivity contribution is 0.0579. The van der Waals surface area contributed by atoms with Gasteiger partial charge in [0.2, 0.25) is 0 Å². The number of nitrogens with zero attached hydrogens (tertiary/aromatic N) is 2. The summed E-state index contributed by atoms with van der Waals surface area (Å²) < 4.78 is 64.6. The Balaban J connectivity index is 1.37. The monoisotopic (exact) mass is 702 g/mol. The molecule has 0 aliphatic carbocycles. The highest BCUT2D eigenvalue weighted by Gasteiger charge is 2.30. The molecule has 1 heterocycles. The summed E-state index contributed by atoms with van der Waals surface area (Å²) in [6.07, 6.45) is 3.33. The van der Waals surface area contributed by atoms with Crippen molar-refractivity contribution in [2.24, 2.45) is 0 Å². The Hall–Kier alpha value is -3.47. The van der Waals surface area contributed by atoms with Crippen molar-refractivity contribution in [3.63, 3.8) is 0 Å². The first-order valence-corrected chi connectivity index (χ1v) is 16.8. The van der Waals surface area contributed by atoms with E-state index in [4.69, 9.17) is 16.3 Å². The van der Waals surface area contributed by atoms with Gasteiger partial charge in [0, 0.05) is 40.1 Å². The van der Waals surface area contributed by atoms with Crippen LogP contribution in [0.1, 0.15) is 41.6 Å². The Morgan fingerprint density at radius 2 is 1.70 bits per heavy atom.